The lowest BCUT2D eigenvalue weighted by molar-refractivity contribution is -0.128. The molecule has 0 unspecified atom stereocenters. The highest BCUT2D eigenvalue weighted by atomic mass is 16.5. The van der Waals surface area contributed by atoms with Crippen LogP contribution in [0.2, 0.25) is 0 Å². The molecule has 20 heavy (non-hydrogen) atoms. The van der Waals surface area contributed by atoms with Gasteiger partial charge in [-0.15, -0.1) is 0 Å². The lowest BCUT2D eigenvalue weighted by atomic mass is 9.86. The summed E-state index contributed by atoms with van der Waals surface area (Å²) < 4.78 is 10.2. The molecule has 0 saturated carbocycles. The van der Waals surface area contributed by atoms with Crippen molar-refractivity contribution in [2.24, 2.45) is 11.8 Å². The van der Waals surface area contributed by atoms with Gasteiger partial charge in [0.2, 0.25) is 0 Å². The van der Waals surface area contributed by atoms with Crippen molar-refractivity contribution < 1.29 is 18.7 Å². The van der Waals surface area contributed by atoms with Gasteiger partial charge in [0.25, 0.3) is 11.7 Å². The summed E-state index contributed by atoms with van der Waals surface area (Å²) >= 11 is 0. The van der Waals surface area contributed by atoms with Crippen LogP contribution < -0.4 is 0 Å². The maximum absolute atomic E-state index is 12.1. The number of nitrogens with zero attached hydrogens (tertiary/aromatic N) is 1. The summed E-state index contributed by atoms with van der Waals surface area (Å²) in [5.74, 6) is 0.136. The number of hydrogen-bond acceptors (Lipinski definition) is 4. The number of furan rings is 1. The summed E-state index contributed by atoms with van der Waals surface area (Å²) in [6.07, 6.45) is 3.24. The Morgan fingerprint density at radius 3 is 2.70 bits per heavy atom. The number of ether oxygens (including phenoxy) is 1. The predicted molar refractivity (Wildman–Crippen MR) is 73.4 cm³/mol. The van der Waals surface area contributed by atoms with Crippen LogP contribution in [-0.4, -0.2) is 43.4 Å². The quantitative estimate of drug-likeness (QED) is 0.611. The summed E-state index contributed by atoms with van der Waals surface area (Å²) in [4.78, 5) is 25.6. The molecule has 0 aromatic carbocycles. The fourth-order valence-corrected chi connectivity index (χ4v) is 2.73. The summed E-state index contributed by atoms with van der Waals surface area (Å²) in [6.45, 7) is 4.16. The zero-order valence-electron chi connectivity index (χ0n) is 12.0. The maximum Gasteiger partial charge on any atom is 0.298 e. The molecule has 1 aliphatic heterocycles. The molecule has 110 valence electrons. The summed E-state index contributed by atoms with van der Waals surface area (Å²) in [6, 6.07) is 3.13. The fraction of sp³-hybridized carbons (Fsp3) is 0.600. The van der Waals surface area contributed by atoms with Crippen molar-refractivity contribution in [2.75, 3.05) is 26.8 Å². The number of amides is 1. The zero-order chi connectivity index (χ0) is 14.5. The minimum Gasteiger partial charge on any atom is -0.461 e. The molecule has 0 aliphatic carbocycles. The number of ketones is 1. The summed E-state index contributed by atoms with van der Waals surface area (Å²) in [5, 5.41) is 0. The number of piperidine rings is 1. The number of Topliss-reactive ketones (excluding diaryl/α,β-unsaturated/α-hetero) is 1. The number of rotatable bonds is 5. The first-order valence-corrected chi connectivity index (χ1v) is 6.99. The van der Waals surface area contributed by atoms with Gasteiger partial charge in [0.1, 0.15) is 0 Å². The van der Waals surface area contributed by atoms with E-state index in [4.69, 9.17) is 9.15 Å². The van der Waals surface area contributed by atoms with Crippen LogP contribution in [0.5, 0.6) is 0 Å². The molecule has 1 saturated heterocycles. The van der Waals surface area contributed by atoms with E-state index >= 15 is 0 Å². The summed E-state index contributed by atoms with van der Waals surface area (Å²) in [7, 11) is 1.71. The lowest BCUT2D eigenvalue weighted by Gasteiger charge is -2.34. The van der Waals surface area contributed by atoms with Crippen molar-refractivity contribution in [1.29, 1.82) is 0 Å². The smallest absolute Gasteiger partial charge is 0.298 e. The van der Waals surface area contributed by atoms with Gasteiger partial charge >= 0.3 is 0 Å². The van der Waals surface area contributed by atoms with Gasteiger partial charge in [-0.1, -0.05) is 6.92 Å². The highest BCUT2D eigenvalue weighted by molar-refractivity contribution is 6.41. The number of hydrogen-bond donors (Lipinski definition) is 0. The van der Waals surface area contributed by atoms with E-state index in [1.165, 1.54) is 12.3 Å². The van der Waals surface area contributed by atoms with Crippen molar-refractivity contribution >= 4 is 11.7 Å². The standard InChI is InChI=1S/C15H21NO4/c1-11(10-19-2)12-5-7-16(8-6-12)15(18)14(17)13-4-3-9-20-13/h3-4,9,11-12H,5-8,10H2,1-2H3/t11-/m1/s1. The number of likely N-dealkylation sites (tertiary alicyclic amines) is 1. The largest absolute Gasteiger partial charge is 0.461 e. The van der Waals surface area contributed by atoms with Crippen molar-refractivity contribution in [3.63, 3.8) is 0 Å². The van der Waals surface area contributed by atoms with Crippen molar-refractivity contribution in [3.8, 4) is 0 Å². The van der Waals surface area contributed by atoms with Crippen LogP contribution in [0.4, 0.5) is 0 Å². The average molecular weight is 279 g/mol. The van der Waals surface area contributed by atoms with Gasteiger partial charge in [-0.05, 0) is 36.8 Å². The van der Waals surface area contributed by atoms with Crippen LogP contribution in [0, 0.1) is 11.8 Å². The van der Waals surface area contributed by atoms with E-state index in [1.54, 1.807) is 18.1 Å². The molecule has 2 rings (SSSR count). The SMILES string of the molecule is COC[C@@H](C)C1CCN(C(=O)C(=O)c2ccco2)CC1. The Hall–Kier alpha value is -1.62. The molecular formula is C15H21NO4. The molecule has 5 nitrogen and oxygen atoms in total. The molecule has 1 aliphatic rings. The van der Waals surface area contributed by atoms with Crippen molar-refractivity contribution in [2.45, 2.75) is 19.8 Å². The van der Waals surface area contributed by atoms with E-state index in [2.05, 4.69) is 6.92 Å². The second-order valence-corrected chi connectivity index (χ2v) is 5.37. The van der Waals surface area contributed by atoms with Crippen molar-refractivity contribution in [3.05, 3.63) is 24.2 Å². The van der Waals surface area contributed by atoms with Crippen LogP contribution in [0.1, 0.15) is 30.3 Å². The molecule has 1 fully saturated rings. The minimum atomic E-state index is -0.557. The highest BCUT2D eigenvalue weighted by Crippen LogP contribution is 2.25. The molecule has 1 amide bonds. The highest BCUT2D eigenvalue weighted by Gasteiger charge is 2.30. The summed E-state index contributed by atoms with van der Waals surface area (Å²) in [5.41, 5.74) is 0. The fourth-order valence-electron chi connectivity index (χ4n) is 2.73. The zero-order valence-corrected chi connectivity index (χ0v) is 12.0. The van der Waals surface area contributed by atoms with Gasteiger partial charge in [0, 0.05) is 26.8 Å². The molecule has 1 aromatic rings. The molecular weight excluding hydrogens is 258 g/mol. The van der Waals surface area contributed by atoms with Gasteiger partial charge in [-0.2, -0.15) is 0 Å². The molecule has 5 heteroatoms. The Kier molecular flexibility index (Phi) is 4.95. The predicted octanol–water partition coefficient (Wildman–Crippen LogP) is 1.98. The van der Waals surface area contributed by atoms with E-state index in [9.17, 15) is 9.59 Å². The molecule has 0 spiro atoms. The van der Waals surface area contributed by atoms with Gasteiger partial charge in [-0.3, -0.25) is 9.59 Å². The van der Waals surface area contributed by atoms with Gasteiger partial charge in [-0.25, -0.2) is 0 Å². The minimum absolute atomic E-state index is 0.116. The van der Waals surface area contributed by atoms with E-state index in [0.29, 0.717) is 24.9 Å². The third-order valence-electron chi connectivity index (χ3n) is 4.00. The number of methoxy groups -OCH3 is 1. The molecule has 0 radical (unpaired) electrons. The van der Waals surface area contributed by atoms with Crippen LogP contribution >= 0.6 is 0 Å². The Balaban J connectivity index is 1.87. The lowest BCUT2D eigenvalue weighted by Crippen LogP contribution is -2.43. The topological polar surface area (TPSA) is 59.8 Å². The Bertz CT molecular complexity index is 446. The van der Waals surface area contributed by atoms with E-state index in [1.807, 2.05) is 0 Å². The first-order valence-electron chi connectivity index (χ1n) is 6.99. The molecule has 0 bridgehead atoms. The third kappa shape index (κ3) is 3.28. The van der Waals surface area contributed by atoms with Crippen molar-refractivity contribution in [1.82, 2.24) is 4.90 Å². The van der Waals surface area contributed by atoms with Crippen LogP contribution in [0.15, 0.2) is 22.8 Å². The normalized spacial score (nSPS) is 18.0. The van der Waals surface area contributed by atoms with Crippen LogP contribution in [0.25, 0.3) is 0 Å². The van der Waals surface area contributed by atoms with Gasteiger partial charge < -0.3 is 14.1 Å². The molecule has 0 N–H and O–H groups in total. The number of carbonyl (C=O) groups excluding carboxylic acids is 2. The Morgan fingerprint density at radius 1 is 1.45 bits per heavy atom. The molecule has 2 heterocycles. The molecule has 1 aromatic heterocycles. The first-order chi connectivity index (χ1) is 9.63. The second-order valence-electron chi connectivity index (χ2n) is 5.37. The monoisotopic (exact) mass is 279 g/mol. The Labute approximate surface area is 118 Å². The van der Waals surface area contributed by atoms with Gasteiger partial charge in [0.15, 0.2) is 5.76 Å². The van der Waals surface area contributed by atoms with E-state index in [-0.39, 0.29) is 5.76 Å². The molecule has 1 atom stereocenters. The van der Waals surface area contributed by atoms with Gasteiger partial charge in [0.05, 0.1) is 6.26 Å². The van der Waals surface area contributed by atoms with E-state index < -0.39 is 11.7 Å². The third-order valence-corrected chi connectivity index (χ3v) is 4.00. The van der Waals surface area contributed by atoms with Crippen LogP contribution in [0.3, 0.4) is 0 Å². The first kappa shape index (κ1) is 14.8. The second kappa shape index (κ2) is 6.70. The Morgan fingerprint density at radius 2 is 2.15 bits per heavy atom. The van der Waals surface area contributed by atoms with E-state index in [0.717, 1.165) is 19.4 Å². The van der Waals surface area contributed by atoms with Crippen LogP contribution in [-0.2, 0) is 9.53 Å². The number of carbonyl (C=O) groups is 2. The maximum atomic E-state index is 12.1. The average Bonchev–Trinajstić information content (AvgIpc) is 3.00.